The molecule has 0 saturated heterocycles. The normalized spacial score (nSPS) is 26.0. The molecule has 1 aromatic rings. The summed E-state index contributed by atoms with van der Waals surface area (Å²) in [7, 11) is 3.22. The second-order valence-electron chi connectivity index (χ2n) is 5.20. The second-order valence-corrected chi connectivity index (χ2v) is 5.20. The van der Waals surface area contributed by atoms with Crippen LogP contribution in [-0.4, -0.2) is 36.9 Å². The third kappa shape index (κ3) is 3.04. The van der Waals surface area contributed by atoms with Crippen LogP contribution in [0.5, 0.6) is 5.75 Å². The number of aliphatic carboxylic acids is 1. The minimum atomic E-state index is -0.967. The SMILES string of the molecule is COc1cccc(NC2(C(=O)O)CCCC(OC)C2)c1. The van der Waals surface area contributed by atoms with Crippen LogP contribution in [0.4, 0.5) is 5.69 Å². The summed E-state index contributed by atoms with van der Waals surface area (Å²) in [6.07, 6.45) is 2.79. The molecular formula is C15H21NO4. The summed E-state index contributed by atoms with van der Waals surface area (Å²) < 4.78 is 10.5. The predicted molar refractivity (Wildman–Crippen MR) is 76.2 cm³/mol. The molecule has 0 heterocycles. The van der Waals surface area contributed by atoms with E-state index in [4.69, 9.17) is 9.47 Å². The predicted octanol–water partition coefficient (Wildman–Crippen LogP) is 2.52. The molecule has 0 aliphatic heterocycles. The number of nitrogens with one attached hydrogen (secondary N) is 1. The lowest BCUT2D eigenvalue weighted by molar-refractivity contribution is -0.145. The number of rotatable bonds is 5. The molecule has 110 valence electrons. The number of hydrogen-bond donors (Lipinski definition) is 2. The molecule has 0 spiro atoms. The van der Waals surface area contributed by atoms with Crippen LogP contribution in [0, 0.1) is 0 Å². The maximum atomic E-state index is 11.7. The molecule has 2 rings (SSSR count). The highest BCUT2D eigenvalue weighted by Crippen LogP contribution is 2.34. The summed E-state index contributed by atoms with van der Waals surface area (Å²) in [6.45, 7) is 0. The van der Waals surface area contributed by atoms with Crippen LogP contribution >= 0.6 is 0 Å². The number of carboxylic acid groups (broad SMARTS) is 1. The fraction of sp³-hybridized carbons (Fsp3) is 0.533. The van der Waals surface area contributed by atoms with Gasteiger partial charge in [-0.15, -0.1) is 0 Å². The van der Waals surface area contributed by atoms with Gasteiger partial charge >= 0.3 is 5.97 Å². The van der Waals surface area contributed by atoms with Crippen molar-refractivity contribution in [2.45, 2.75) is 37.3 Å². The Hall–Kier alpha value is -1.75. The van der Waals surface area contributed by atoms with Gasteiger partial charge in [0.2, 0.25) is 0 Å². The van der Waals surface area contributed by atoms with Gasteiger partial charge in [-0.3, -0.25) is 0 Å². The first-order valence-electron chi connectivity index (χ1n) is 6.78. The smallest absolute Gasteiger partial charge is 0.329 e. The van der Waals surface area contributed by atoms with E-state index in [1.54, 1.807) is 20.3 Å². The van der Waals surface area contributed by atoms with Gasteiger partial charge in [0, 0.05) is 25.3 Å². The molecule has 0 aromatic heterocycles. The molecule has 1 fully saturated rings. The number of methoxy groups -OCH3 is 2. The van der Waals surface area contributed by atoms with Crippen LogP contribution < -0.4 is 10.1 Å². The summed E-state index contributed by atoms with van der Waals surface area (Å²) in [5.74, 6) is -0.128. The van der Waals surface area contributed by atoms with Gasteiger partial charge in [-0.2, -0.15) is 0 Å². The van der Waals surface area contributed by atoms with Gasteiger partial charge in [0.15, 0.2) is 0 Å². The lowest BCUT2D eigenvalue weighted by atomic mass is 9.79. The van der Waals surface area contributed by atoms with E-state index in [-0.39, 0.29) is 6.10 Å². The monoisotopic (exact) mass is 279 g/mol. The number of hydrogen-bond acceptors (Lipinski definition) is 4. The zero-order valence-electron chi connectivity index (χ0n) is 11.9. The Bertz CT molecular complexity index is 477. The zero-order chi connectivity index (χ0) is 14.6. The van der Waals surface area contributed by atoms with Crippen molar-refractivity contribution in [3.05, 3.63) is 24.3 Å². The molecule has 1 aliphatic carbocycles. The van der Waals surface area contributed by atoms with Crippen LogP contribution in [0.2, 0.25) is 0 Å². The van der Waals surface area contributed by atoms with Gasteiger partial charge in [-0.05, 0) is 31.4 Å². The molecule has 5 nitrogen and oxygen atoms in total. The highest BCUT2D eigenvalue weighted by Gasteiger charge is 2.43. The Labute approximate surface area is 118 Å². The number of ether oxygens (including phenoxy) is 2. The fourth-order valence-corrected chi connectivity index (χ4v) is 2.76. The fourth-order valence-electron chi connectivity index (χ4n) is 2.76. The van der Waals surface area contributed by atoms with Gasteiger partial charge in [0.1, 0.15) is 11.3 Å². The van der Waals surface area contributed by atoms with Crippen molar-refractivity contribution in [1.29, 1.82) is 0 Å². The first kappa shape index (κ1) is 14.7. The topological polar surface area (TPSA) is 67.8 Å². The molecule has 1 aromatic carbocycles. The van der Waals surface area contributed by atoms with Crippen LogP contribution in [0.25, 0.3) is 0 Å². The average Bonchev–Trinajstić information content (AvgIpc) is 2.47. The van der Waals surface area contributed by atoms with Crippen LogP contribution in [0.15, 0.2) is 24.3 Å². The summed E-state index contributed by atoms with van der Waals surface area (Å²) in [4.78, 5) is 11.7. The van der Waals surface area contributed by atoms with E-state index in [1.807, 2.05) is 18.2 Å². The molecule has 0 bridgehead atoms. The molecule has 20 heavy (non-hydrogen) atoms. The zero-order valence-corrected chi connectivity index (χ0v) is 11.9. The minimum absolute atomic E-state index is 0.0158. The number of benzene rings is 1. The standard InChI is InChI=1S/C15H21NO4/c1-19-12-6-3-5-11(9-12)16-15(14(17)18)8-4-7-13(10-15)20-2/h3,5-6,9,13,16H,4,7-8,10H2,1-2H3,(H,17,18). The molecule has 2 N–H and O–H groups in total. The minimum Gasteiger partial charge on any atom is -0.497 e. The van der Waals surface area contributed by atoms with Crippen molar-refractivity contribution in [1.82, 2.24) is 0 Å². The Morgan fingerprint density at radius 1 is 1.45 bits per heavy atom. The van der Waals surface area contributed by atoms with Crippen molar-refractivity contribution in [3.8, 4) is 5.75 Å². The van der Waals surface area contributed by atoms with Gasteiger partial charge in [-0.1, -0.05) is 6.07 Å². The lowest BCUT2D eigenvalue weighted by Crippen LogP contribution is -2.51. The van der Waals surface area contributed by atoms with Crippen molar-refractivity contribution < 1.29 is 19.4 Å². The molecule has 5 heteroatoms. The highest BCUT2D eigenvalue weighted by atomic mass is 16.5. The Morgan fingerprint density at radius 2 is 2.25 bits per heavy atom. The van der Waals surface area contributed by atoms with Gasteiger partial charge in [0.05, 0.1) is 13.2 Å². The van der Waals surface area contributed by atoms with Gasteiger partial charge in [-0.25, -0.2) is 4.79 Å². The van der Waals surface area contributed by atoms with E-state index < -0.39 is 11.5 Å². The average molecular weight is 279 g/mol. The summed E-state index contributed by atoms with van der Waals surface area (Å²) >= 11 is 0. The molecule has 2 unspecified atom stereocenters. The van der Waals surface area contributed by atoms with Gasteiger partial charge in [0.25, 0.3) is 0 Å². The van der Waals surface area contributed by atoms with E-state index in [2.05, 4.69) is 5.32 Å². The third-order valence-corrected chi connectivity index (χ3v) is 3.90. The molecular weight excluding hydrogens is 258 g/mol. The van der Waals surface area contributed by atoms with E-state index in [0.29, 0.717) is 18.6 Å². The summed E-state index contributed by atoms with van der Waals surface area (Å²) in [6, 6.07) is 7.33. The van der Waals surface area contributed by atoms with Crippen molar-refractivity contribution in [3.63, 3.8) is 0 Å². The number of carbonyl (C=O) groups is 1. The largest absolute Gasteiger partial charge is 0.497 e. The number of anilines is 1. The number of carboxylic acids is 1. The molecule has 1 aliphatic rings. The maximum absolute atomic E-state index is 11.7. The third-order valence-electron chi connectivity index (χ3n) is 3.90. The first-order valence-corrected chi connectivity index (χ1v) is 6.78. The summed E-state index contributed by atoms with van der Waals surface area (Å²) in [5, 5.41) is 12.8. The quantitative estimate of drug-likeness (QED) is 0.867. The van der Waals surface area contributed by atoms with E-state index in [9.17, 15) is 9.90 Å². The Morgan fingerprint density at radius 3 is 2.90 bits per heavy atom. The van der Waals surface area contributed by atoms with Crippen LogP contribution in [-0.2, 0) is 9.53 Å². The van der Waals surface area contributed by atoms with Gasteiger partial charge < -0.3 is 19.9 Å². The first-order chi connectivity index (χ1) is 9.59. The highest BCUT2D eigenvalue weighted by molar-refractivity contribution is 5.83. The van der Waals surface area contributed by atoms with Crippen molar-refractivity contribution >= 4 is 11.7 Å². The molecule has 0 amide bonds. The van der Waals surface area contributed by atoms with Crippen molar-refractivity contribution in [2.75, 3.05) is 19.5 Å². The van der Waals surface area contributed by atoms with Crippen LogP contribution in [0.3, 0.4) is 0 Å². The molecule has 1 saturated carbocycles. The molecule has 0 radical (unpaired) electrons. The van der Waals surface area contributed by atoms with E-state index in [0.717, 1.165) is 18.5 Å². The maximum Gasteiger partial charge on any atom is 0.329 e. The molecule has 2 atom stereocenters. The second kappa shape index (κ2) is 6.13. The van der Waals surface area contributed by atoms with Crippen molar-refractivity contribution in [2.24, 2.45) is 0 Å². The Balaban J connectivity index is 2.22. The summed E-state index contributed by atoms with van der Waals surface area (Å²) in [5.41, 5.74) is -0.214. The van der Waals surface area contributed by atoms with Crippen LogP contribution in [0.1, 0.15) is 25.7 Å². The Kier molecular flexibility index (Phi) is 4.49. The lowest BCUT2D eigenvalue weighted by Gasteiger charge is -2.38. The van der Waals surface area contributed by atoms with E-state index >= 15 is 0 Å². The van der Waals surface area contributed by atoms with E-state index in [1.165, 1.54) is 0 Å².